The van der Waals surface area contributed by atoms with Gasteiger partial charge in [0.25, 0.3) is 0 Å². The molecule has 0 saturated carbocycles. The quantitative estimate of drug-likeness (QED) is 0.0245. The van der Waals surface area contributed by atoms with Crippen LogP contribution in [0.15, 0.2) is 48.6 Å². The monoisotopic (exact) mass is 824 g/mol. The summed E-state index contributed by atoms with van der Waals surface area (Å²) in [6.45, 7) is 4.65. The number of allylic oxidation sites excluding steroid dienone is 8. The number of quaternary nitrogens is 1. The minimum Gasteiger partial charge on any atom is -0.391 e. The SMILES string of the molecule is CC/C=C\C/C=C\C/C=C\C/C=C\CCCCCCCCCCCCCCCCCCCCC(=O)NC(COP(=O)(O)OCC[N+](C)(C)C)C(O)CCCCCC. The Labute approximate surface area is 352 Å². The van der Waals surface area contributed by atoms with Crippen LogP contribution in [0.1, 0.15) is 200 Å². The molecule has 0 rings (SSSR count). The summed E-state index contributed by atoms with van der Waals surface area (Å²) in [6, 6.07) is -0.755. The summed E-state index contributed by atoms with van der Waals surface area (Å²) in [4.78, 5) is 22.9. The lowest BCUT2D eigenvalue weighted by Crippen LogP contribution is -2.46. The molecule has 3 N–H and O–H groups in total. The molecular weight excluding hydrogens is 732 g/mol. The molecule has 0 spiro atoms. The number of nitrogens with one attached hydrogen (secondary N) is 1. The van der Waals surface area contributed by atoms with Crippen molar-refractivity contribution in [3.63, 3.8) is 0 Å². The molecule has 0 saturated heterocycles. The number of rotatable bonds is 42. The molecule has 0 heterocycles. The molecule has 0 radical (unpaired) electrons. The van der Waals surface area contributed by atoms with Crippen LogP contribution in [-0.2, 0) is 18.4 Å². The highest BCUT2D eigenvalue weighted by molar-refractivity contribution is 7.47. The number of unbranched alkanes of at least 4 members (excludes halogenated alkanes) is 21. The van der Waals surface area contributed by atoms with Crippen molar-refractivity contribution in [2.75, 3.05) is 40.9 Å². The van der Waals surface area contributed by atoms with E-state index in [1.54, 1.807) is 0 Å². The van der Waals surface area contributed by atoms with Crippen LogP contribution in [0.4, 0.5) is 0 Å². The number of likely N-dealkylation sites (N-methyl/N-ethyl adjacent to an activating group) is 1. The molecule has 334 valence electrons. The average Bonchev–Trinajstić information content (AvgIpc) is 3.16. The highest BCUT2D eigenvalue weighted by Gasteiger charge is 2.28. The van der Waals surface area contributed by atoms with E-state index in [1.807, 2.05) is 21.1 Å². The van der Waals surface area contributed by atoms with Crippen molar-refractivity contribution >= 4 is 13.7 Å². The predicted molar refractivity (Wildman–Crippen MR) is 244 cm³/mol. The molecule has 0 aliphatic heterocycles. The van der Waals surface area contributed by atoms with E-state index in [0.717, 1.165) is 70.6 Å². The van der Waals surface area contributed by atoms with E-state index in [2.05, 4.69) is 67.8 Å². The summed E-state index contributed by atoms with van der Waals surface area (Å²) in [7, 11) is 1.61. The van der Waals surface area contributed by atoms with Crippen molar-refractivity contribution in [2.24, 2.45) is 0 Å². The topological polar surface area (TPSA) is 105 Å². The lowest BCUT2D eigenvalue weighted by Gasteiger charge is -2.26. The molecule has 0 aromatic heterocycles. The first-order chi connectivity index (χ1) is 27.5. The molecule has 3 atom stereocenters. The number of phosphoric ester groups is 1. The van der Waals surface area contributed by atoms with Gasteiger partial charge in [-0.05, 0) is 51.4 Å². The summed E-state index contributed by atoms with van der Waals surface area (Å²) in [5.74, 6) is -0.154. The number of aliphatic hydroxyl groups excluding tert-OH is 1. The smallest absolute Gasteiger partial charge is 0.391 e. The zero-order valence-corrected chi connectivity index (χ0v) is 38.7. The minimum absolute atomic E-state index is 0.0734. The zero-order valence-electron chi connectivity index (χ0n) is 37.8. The fourth-order valence-electron chi connectivity index (χ4n) is 6.62. The number of hydrogen-bond donors (Lipinski definition) is 3. The third-order valence-electron chi connectivity index (χ3n) is 10.3. The van der Waals surface area contributed by atoms with Crippen LogP contribution in [0, 0.1) is 0 Å². The summed E-state index contributed by atoms with van der Waals surface area (Å²) in [5, 5.41) is 13.7. The van der Waals surface area contributed by atoms with Crippen LogP contribution in [0.5, 0.6) is 0 Å². The Hall–Kier alpha value is -1.54. The largest absolute Gasteiger partial charge is 0.472 e. The van der Waals surface area contributed by atoms with Gasteiger partial charge in [-0.3, -0.25) is 13.8 Å². The number of nitrogens with zero attached hydrogens (tertiary/aromatic N) is 1. The summed E-state index contributed by atoms with van der Waals surface area (Å²) < 4.78 is 23.4. The van der Waals surface area contributed by atoms with Gasteiger partial charge in [-0.1, -0.05) is 191 Å². The molecule has 0 aliphatic carbocycles. The van der Waals surface area contributed by atoms with Crippen LogP contribution >= 0.6 is 7.82 Å². The maximum Gasteiger partial charge on any atom is 0.472 e. The molecular formula is C48H92N2O6P+. The van der Waals surface area contributed by atoms with Crippen molar-refractivity contribution in [1.82, 2.24) is 5.32 Å². The van der Waals surface area contributed by atoms with Gasteiger partial charge < -0.3 is 19.8 Å². The molecule has 0 aromatic carbocycles. The molecule has 57 heavy (non-hydrogen) atoms. The first kappa shape index (κ1) is 55.5. The van der Waals surface area contributed by atoms with Crippen LogP contribution in [0.2, 0.25) is 0 Å². The molecule has 0 bridgehead atoms. The Morgan fingerprint density at radius 2 is 1.05 bits per heavy atom. The van der Waals surface area contributed by atoms with Gasteiger partial charge in [-0.15, -0.1) is 0 Å². The molecule has 9 heteroatoms. The minimum atomic E-state index is -4.29. The molecule has 0 aromatic rings. The van der Waals surface area contributed by atoms with Crippen molar-refractivity contribution in [1.29, 1.82) is 0 Å². The van der Waals surface area contributed by atoms with E-state index < -0.39 is 20.0 Å². The Morgan fingerprint density at radius 3 is 1.53 bits per heavy atom. The summed E-state index contributed by atoms with van der Waals surface area (Å²) in [5.41, 5.74) is 0. The third kappa shape index (κ3) is 42.4. The van der Waals surface area contributed by atoms with Crippen molar-refractivity contribution < 1.29 is 32.9 Å². The highest BCUT2D eigenvalue weighted by atomic mass is 31.2. The molecule has 0 fully saturated rings. The summed E-state index contributed by atoms with van der Waals surface area (Å²) in [6.07, 6.45) is 50.8. The fourth-order valence-corrected chi connectivity index (χ4v) is 7.36. The Balaban J connectivity index is 3.81. The van der Waals surface area contributed by atoms with Gasteiger partial charge in [0.1, 0.15) is 13.2 Å². The fraction of sp³-hybridized carbons (Fsp3) is 0.812. The molecule has 8 nitrogen and oxygen atoms in total. The van der Waals surface area contributed by atoms with E-state index >= 15 is 0 Å². The number of carbonyl (C=O) groups excluding carboxylic acids is 1. The Kier molecular flexibility index (Phi) is 38.8. The third-order valence-corrected chi connectivity index (χ3v) is 11.3. The second-order valence-electron chi connectivity index (χ2n) is 17.1. The summed E-state index contributed by atoms with van der Waals surface area (Å²) >= 11 is 0. The second-order valence-corrected chi connectivity index (χ2v) is 18.6. The predicted octanol–water partition coefficient (Wildman–Crippen LogP) is 13.2. The number of carbonyl (C=O) groups is 1. The Bertz CT molecular complexity index is 1070. The van der Waals surface area contributed by atoms with Crippen LogP contribution in [0.25, 0.3) is 0 Å². The standard InChI is InChI=1S/C48H91N2O6P/c1-6-8-10-12-13-14-15-16-17-18-19-20-21-22-23-24-25-26-27-28-29-30-31-32-33-34-35-36-37-38-40-42-48(52)49-46(47(51)41-39-11-9-7-2)45-56-57(53,54)55-44-43-50(3,4)5/h8,10,13-14,16-17,19-20,46-47,51H,6-7,9,11-12,15,18,21-45H2,1-5H3,(H-,49,52,53,54)/p+1/b10-8-,14-13-,17-16-,20-19-. The molecule has 3 unspecified atom stereocenters. The first-order valence-corrected chi connectivity index (χ1v) is 25.0. The van der Waals surface area contributed by atoms with Crippen molar-refractivity contribution in [2.45, 2.75) is 212 Å². The molecule has 0 aliphatic rings. The van der Waals surface area contributed by atoms with E-state index in [4.69, 9.17) is 9.05 Å². The Morgan fingerprint density at radius 1 is 0.614 bits per heavy atom. The maximum atomic E-state index is 12.8. The van der Waals surface area contributed by atoms with E-state index in [0.29, 0.717) is 23.9 Å². The number of hydrogen-bond acceptors (Lipinski definition) is 5. The number of aliphatic hydroxyl groups is 1. The molecule has 1 amide bonds. The zero-order chi connectivity index (χ0) is 42.1. The second kappa shape index (κ2) is 39.9. The van der Waals surface area contributed by atoms with E-state index in [9.17, 15) is 19.4 Å². The van der Waals surface area contributed by atoms with Gasteiger partial charge in [0.2, 0.25) is 5.91 Å². The van der Waals surface area contributed by atoms with Gasteiger partial charge in [0.05, 0.1) is 39.9 Å². The normalized spacial score (nSPS) is 14.7. The first-order valence-electron chi connectivity index (χ1n) is 23.5. The number of phosphoric acid groups is 1. The van der Waals surface area contributed by atoms with E-state index in [-0.39, 0.29) is 19.1 Å². The van der Waals surface area contributed by atoms with Gasteiger partial charge in [0.15, 0.2) is 0 Å². The highest BCUT2D eigenvalue weighted by Crippen LogP contribution is 2.43. The van der Waals surface area contributed by atoms with Gasteiger partial charge in [-0.2, -0.15) is 0 Å². The lowest BCUT2D eigenvalue weighted by atomic mass is 10.0. The van der Waals surface area contributed by atoms with Crippen LogP contribution in [-0.4, -0.2) is 73.4 Å². The number of amides is 1. The lowest BCUT2D eigenvalue weighted by molar-refractivity contribution is -0.870. The maximum absolute atomic E-state index is 12.8. The van der Waals surface area contributed by atoms with Gasteiger partial charge >= 0.3 is 7.82 Å². The van der Waals surface area contributed by atoms with Crippen molar-refractivity contribution in [3.8, 4) is 0 Å². The van der Waals surface area contributed by atoms with Crippen LogP contribution < -0.4 is 5.32 Å². The van der Waals surface area contributed by atoms with Gasteiger partial charge in [0, 0.05) is 6.42 Å². The van der Waals surface area contributed by atoms with Crippen molar-refractivity contribution in [3.05, 3.63) is 48.6 Å². The average molecular weight is 824 g/mol. The van der Waals surface area contributed by atoms with Gasteiger partial charge in [-0.25, -0.2) is 4.57 Å². The van der Waals surface area contributed by atoms with Crippen LogP contribution in [0.3, 0.4) is 0 Å². The van der Waals surface area contributed by atoms with E-state index in [1.165, 1.54) is 103 Å².